The predicted octanol–water partition coefficient (Wildman–Crippen LogP) is 3.04. The van der Waals surface area contributed by atoms with Gasteiger partial charge in [-0.05, 0) is 37.7 Å². The van der Waals surface area contributed by atoms with Crippen molar-refractivity contribution in [3.8, 4) is 6.07 Å². The summed E-state index contributed by atoms with van der Waals surface area (Å²) in [6.45, 7) is 1.83. The SMILES string of the molecule is CCCS(=O)(=O)Nc1sc2c(c1C#N)CCCCC2. The Bertz CT molecular complexity index is 597. The molecule has 0 atom stereocenters. The number of nitrogens with one attached hydrogen (secondary N) is 1. The van der Waals surface area contributed by atoms with E-state index in [4.69, 9.17) is 0 Å². The van der Waals surface area contributed by atoms with Gasteiger partial charge in [0.15, 0.2) is 0 Å². The average Bonchev–Trinajstić information content (AvgIpc) is 2.51. The van der Waals surface area contributed by atoms with E-state index in [0.717, 1.165) is 31.2 Å². The molecule has 0 bridgehead atoms. The van der Waals surface area contributed by atoms with Crippen molar-refractivity contribution in [2.24, 2.45) is 0 Å². The molecule has 0 aliphatic heterocycles. The van der Waals surface area contributed by atoms with E-state index >= 15 is 0 Å². The molecule has 6 heteroatoms. The third-order valence-corrected chi connectivity index (χ3v) is 6.05. The summed E-state index contributed by atoms with van der Waals surface area (Å²) in [6, 6.07) is 2.18. The number of fused-ring (bicyclic) bond motifs is 1. The van der Waals surface area contributed by atoms with Gasteiger partial charge in [0, 0.05) is 4.88 Å². The van der Waals surface area contributed by atoms with Crippen LogP contribution in [-0.4, -0.2) is 14.2 Å². The van der Waals surface area contributed by atoms with Crippen LogP contribution in [0, 0.1) is 11.3 Å². The van der Waals surface area contributed by atoms with Crippen molar-refractivity contribution in [1.82, 2.24) is 0 Å². The fourth-order valence-corrected chi connectivity index (χ4v) is 5.06. The predicted molar refractivity (Wildman–Crippen MR) is 78.0 cm³/mol. The normalized spacial score (nSPS) is 15.4. The molecule has 0 saturated carbocycles. The lowest BCUT2D eigenvalue weighted by molar-refractivity contribution is 0.600. The van der Waals surface area contributed by atoms with Gasteiger partial charge in [0.25, 0.3) is 0 Å². The van der Waals surface area contributed by atoms with Crippen molar-refractivity contribution in [1.29, 1.82) is 5.26 Å². The lowest BCUT2D eigenvalue weighted by Crippen LogP contribution is -2.16. The van der Waals surface area contributed by atoms with E-state index in [0.29, 0.717) is 17.0 Å². The molecule has 0 saturated heterocycles. The zero-order chi connectivity index (χ0) is 13.9. The summed E-state index contributed by atoms with van der Waals surface area (Å²) in [5, 5.41) is 9.82. The van der Waals surface area contributed by atoms with Crippen molar-refractivity contribution in [2.75, 3.05) is 10.5 Å². The molecule has 0 radical (unpaired) electrons. The van der Waals surface area contributed by atoms with Gasteiger partial charge in [-0.2, -0.15) is 5.26 Å². The van der Waals surface area contributed by atoms with E-state index in [1.165, 1.54) is 22.6 Å². The molecule has 0 spiro atoms. The molecule has 1 aliphatic rings. The first-order chi connectivity index (χ1) is 9.07. The zero-order valence-electron chi connectivity index (χ0n) is 11.0. The van der Waals surface area contributed by atoms with Gasteiger partial charge in [-0.1, -0.05) is 13.3 Å². The molecule has 0 amide bonds. The third-order valence-electron chi connectivity index (χ3n) is 3.25. The van der Waals surface area contributed by atoms with Crippen LogP contribution in [-0.2, 0) is 22.9 Å². The molecular formula is C13H18N2O2S2. The Balaban J connectivity index is 2.35. The van der Waals surface area contributed by atoms with Crippen LogP contribution in [0.3, 0.4) is 0 Å². The van der Waals surface area contributed by atoms with E-state index in [9.17, 15) is 13.7 Å². The lowest BCUT2D eigenvalue weighted by atomic mass is 10.1. The topological polar surface area (TPSA) is 70.0 Å². The van der Waals surface area contributed by atoms with Crippen molar-refractivity contribution in [2.45, 2.75) is 45.4 Å². The first-order valence-electron chi connectivity index (χ1n) is 6.62. The second kappa shape index (κ2) is 5.93. The van der Waals surface area contributed by atoms with Crippen LogP contribution in [0.2, 0.25) is 0 Å². The number of nitriles is 1. The Morgan fingerprint density at radius 2 is 2.05 bits per heavy atom. The minimum absolute atomic E-state index is 0.0977. The van der Waals surface area contributed by atoms with E-state index in [2.05, 4.69) is 10.8 Å². The first-order valence-corrected chi connectivity index (χ1v) is 9.09. The molecule has 1 heterocycles. The van der Waals surface area contributed by atoms with Crippen molar-refractivity contribution < 1.29 is 8.42 Å². The molecule has 4 nitrogen and oxygen atoms in total. The highest BCUT2D eigenvalue weighted by Crippen LogP contribution is 2.37. The minimum Gasteiger partial charge on any atom is -0.273 e. The molecule has 1 aromatic rings. The van der Waals surface area contributed by atoms with E-state index in [1.807, 2.05) is 6.92 Å². The van der Waals surface area contributed by atoms with Gasteiger partial charge in [-0.15, -0.1) is 11.3 Å². The monoisotopic (exact) mass is 298 g/mol. The van der Waals surface area contributed by atoms with Crippen LogP contribution in [0.25, 0.3) is 0 Å². The number of sulfonamides is 1. The van der Waals surface area contributed by atoms with Gasteiger partial charge in [0.2, 0.25) is 10.0 Å². The van der Waals surface area contributed by atoms with Crippen LogP contribution >= 0.6 is 11.3 Å². The van der Waals surface area contributed by atoms with E-state index in [1.54, 1.807) is 0 Å². The summed E-state index contributed by atoms with van der Waals surface area (Å²) in [7, 11) is -3.32. The van der Waals surface area contributed by atoms with Gasteiger partial charge in [0.1, 0.15) is 11.1 Å². The van der Waals surface area contributed by atoms with Gasteiger partial charge >= 0.3 is 0 Å². The van der Waals surface area contributed by atoms with Crippen LogP contribution < -0.4 is 4.72 Å². The Morgan fingerprint density at radius 3 is 2.74 bits per heavy atom. The maximum atomic E-state index is 11.8. The maximum absolute atomic E-state index is 11.8. The highest BCUT2D eigenvalue weighted by atomic mass is 32.2. The van der Waals surface area contributed by atoms with Crippen LogP contribution in [0.4, 0.5) is 5.00 Å². The molecule has 1 N–H and O–H groups in total. The van der Waals surface area contributed by atoms with Crippen molar-refractivity contribution in [3.05, 3.63) is 16.0 Å². The fraction of sp³-hybridized carbons (Fsp3) is 0.615. The Labute approximate surface area is 118 Å². The molecule has 0 fully saturated rings. The number of anilines is 1. The number of hydrogen-bond acceptors (Lipinski definition) is 4. The number of hydrogen-bond donors (Lipinski definition) is 1. The average molecular weight is 298 g/mol. The van der Waals surface area contributed by atoms with E-state index in [-0.39, 0.29) is 5.75 Å². The number of nitrogens with zero attached hydrogens (tertiary/aromatic N) is 1. The molecular weight excluding hydrogens is 280 g/mol. The highest BCUT2D eigenvalue weighted by Gasteiger charge is 2.22. The van der Waals surface area contributed by atoms with Gasteiger partial charge < -0.3 is 0 Å². The van der Waals surface area contributed by atoms with Crippen molar-refractivity contribution in [3.63, 3.8) is 0 Å². The van der Waals surface area contributed by atoms with Crippen molar-refractivity contribution >= 4 is 26.4 Å². The fourth-order valence-electron chi connectivity index (χ4n) is 2.39. The Morgan fingerprint density at radius 1 is 1.32 bits per heavy atom. The number of aryl methyl sites for hydroxylation is 1. The van der Waals surface area contributed by atoms with Crippen LogP contribution in [0.1, 0.15) is 48.6 Å². The second-order valence-electron chi connectivity index (χ2n) is 4.80. The van der Waals surface area contributed by atoms with Crippen LogP contribution in [0.5, 0.6) is 0 Å². The standard InChI is InChI=1S/C13H18N2O2S2/c1-2-8-19(16,17)15-13-11(9-14)10-6-4-3-5-7-12(10)18-13/h15H,2-8H2,1H3. The minimum atomic E-state index is -3.32. The largest absolute Gasteiger partial charge is 0.273 e. The second-order valence-corrected chi connectivity index (χ2v) is 7.75. The highest BCUT2D eigenvalue weighted by molar-refractivity contribution is 7.92. The lowest BCUT2D eigenvalue weighted by Gasteiger charge is -2.05. The maximum Gasteiger partial charge on any atom is 0.233 e. The molecule has 19 heavy (non-hydrogen) atoms. The van der Waals surface area contributed by atoms with Gasteiger partial charge in [0.05, 0.1) is 11.3 Å². The quantitative estimate of drug-likeness (QED) is 0.869. The molecule has 2 rings (SSSR count). The summed E-state index contributed by atoms with van der Waals surface area (Å²) in [5.41, 5.74) is 1.61. The molecule has 0 unspecified atom stereocenters. The Hall–Kier alpha value is -1.06. The molecule has 0 aromatic carbocycles. The molecule has 104 valence electrons. The van der Waals surface area contributed by atoms with Crippen LogP contribution in [0.15, 0.2) is 0 Å². The summed E-state index contributed by atoms with van der Waals surface area (Å²) < 4.78 is 26.3. The summed E-state index contributed by atoms with van der Waals surface area (Å²) >= 11 is 1.44. The summed E-state index contributed by atoms with van der Waals surface area (Å²) in [6.07, 6.45) is 5.82. The smallest absolute Gasteiger partial charge is 0.233 e. The number of thiophene rings is 1. The van der Waals surface area contributed by atoms with Gasteiger partial charge in [-0.3, -0.25) is 4.72 Å². The van der Waals surface area contributed by atoms with E-state index < -0.39 is 10.0 Å². The zero-order valence-corrected chi connectivity index (χ0v) is 12.7. The first kappa shape index (κ1) is 14.4. The summed E-state index contributed by atoms with van der Waals surface area (Å²) in [4.78, 5) is 1.18. The molecule has 1 aromatic heterocycles. The Kier molecular flexibility index (Phi) is 4.48. The third kappa shape index (κ3) is 3.28. The van der Waals surface area contributed by atoms with Gasteiger partial charge in [-0.25, -0.2) is 8.42 Å². The molecule has 1 aliphatic carbocycles. The number of rotatable bonds is 4. The summed E-state index contributed by atoms with van der Waals surface area (Å²) in [5.74, 6) is 0.0977.